The number of nitrogens with one attached hydrogen (secondary N) is 2. The van der Waals surface area contributed by atoms with Gasteiger partial charge in [-0.05, 0) is 50.9 Å². The molecule has 1 unspecified atom stereocenters. The molecule has 1 fully saturated rings. The highest BCUT2D eigenvalue weighted by atomic mass is 16.5. The van der Waals surface area contributed by atoms with Crippen LogP contribution in [0, 0.1) is 5.92 Å². The smallest absolute Gasteiger partial charge is 0.255 e. The fourth-order valence-electron chi connectivity index (χ4n) is 2.57. The summed E-state index contributed by atoms with van der Waals surface area (Å²) in [7, 11) is 0. The summed E-state index contributed by atoms with van der Waals surface area (Å²) in [4.78, 5) is 12.4. The monoisotopic (exact) mass is 306 g/mol. The lowest BCUT2D eigenvalue weighted by Gasteiger charge is -2.23. The van der Waals surface area contributed by atoms with Gasteiger partial charge in [-0.3, -0.25) is 4.79 Å². The molecule has 0 aromatic heterocycles. The molecule has 1 aromatic rings. The first-order chi connectivity index (χ1) is 10.8. The molecule has 5 heteroatoms. The Morgan fingerprint density at radius 1 is 1.36 bits per heavy atom. The zero-order valence-corrected chi connectivity index (χ0v) is 13.3. The second-order valence-corrected chi connectivity index (χ2v) is 5.46. The summed E-state index contributed by atoms with van der Waals surface area (Å²) < 4.78 is 10.9. The van der Waals surface area contributed by atoms with Crippen LogP contribution < -0.4 is 15.4 Å². The molecule has 5 nitrogen and oxygen atoms in total. The van der Waals surface area contributed by atoms with Gasteiger partial charge in [0.2, 0.25) is 0 Å². The van der Waals surface area contributed by atoms with E-state index in [0.717, 1.165) is 13.1 Å². The van der Waals surface area contributed by atoms with Gasteiger partial charge in [-0.1, -0.05) is 12.1 Å². The standard InChI is InChI=1S/C17H26N2O3/c1-2-21-10-11-22-16-8-4-3-7-15(16)17(20)19-13-14-6-5-9-18-12-14/h3-4,7-8,14,18H,2,5-6,9-13H2,1H3,(H,19,20). The van der Waals surface area contributed by atoms with E-state index in [1.165, 1.54) is 12.8 Å². The third-order valence-electron chi connectivity index (χ3n) is 3.77. The molecule has 1 amide bonds. The molecule has 1 saturated heterocycles. The topological polar surface area (TPSA) is 59.6 Å². The summed E-state index contributed by atoms with van der Waals surface area (Å²) in [5, 5.41) is 6.38. The molecule has 1 atom stereocenters. The van der Waals surface area contributed by atoms with Gasteiger partial charge in [0.25, 0.3) is 5.91 Å². The van der Waals surface area contributed by atoms with Gasteiger partial charge in [0.05, 0.1) is 12.2 Å². The van der Waals surface area contributed by atoms with Crippen molar-refractivity contribution in [2.24, 2.45) is 5.92 Å². The van der Waals surface area contributed by atoms with Crippen LogP contribution in [0.15, 0.2) is 24.3 Å². The summed E-state index contributed by atoms with van der Waals surface area (Å²) >= 11 is 0. The Morgan fingerprint density at radius 3 is 3.00 bits per heavy atom. The Kier molecular flexibility index (Phi) is 7.19. The van der Waals surface area contributed by atoms with Gasteiger partial charge in [-0.25, -0.2) is 0 Å². The first kappa shape index (κ1) is 16.8. The van der Waals surface area contributed by atoms with Crippen LogP contribution in [0.5, 0.6) is 5.75 Å². The van der Waals surface area contributed by atoms with Crippen LogP contribution in [-0.2, 0) is 4.74 Å². The Bertz CT molecular complexity index is 459. The van der Waals surface area contributed by atoms with Crippen LogP contribution in [0.1, 0.15) is 30.1 Å². The molecule has 0 radical (unpaired) electrons. The fraction of sp³-hybridized carbons (Fsp3) is 0.588. The molecule has 1 aliphatic rings. The summed E-state index contributed by atoms with van der Waals surface area (Å²) in [5.74, 6) is 1.06. The minimum absolute atomic E-state index is 0.0717. The number of carbonyl (C=O) groups is 1. The summed E-state index contributed by atoms with van der Waals surface area (Å²) in [5.41, 5.74) is 0.586. The van der Waals surface area contributed by atoms with E-state index < -0.39 is 0 Å². The maximum absolute atomic E-state index is 12.4. The molecule has 2 N–H and O–H groups in total. The lowest BCUT2D eigenvalue weighted by molar-refractivity contribution is 0.0928. The number of hydrogen-bond acceptors (Lipinski definition) is 4. The zero-order valence-electron chi connectivity index (χ0n) is 13.3. The van der Waals surface area contributed by atoms with E-state index in [1.807, 2.05) is 25.1 Å². The van der Waals surface area contributed by atoms with Crippen molar-refractivity contribution in [2.45, 2.75) is 19.8 Å². The van der Waals surface area contributed by atoms with Crippen molar-refractivity contribution in [1.29, 1.82) is 0 Å². The fourth-order valence-corrected chi connectivity index (χ4v) is 2.57. The van der Waals surface area contributed by atoms with Gasteiger partial charge in [-0.15, -0.1) is 0 Å². The van der Waals surface area contributed by atoms with Crippen LogP contribution in [0.25, 0.3) is 0 Å². The molecular weight excluding hydrogens is 280 g/mol. The van der Waals surface area contributed by atoms with E-state index in [-0.39, 0.29) is 5.91 Å². The van der Waals surface area contributed by atoms with Gasteiger partial charge in [0.1, 0.15) is 12.4 Å². The normalized spacial score (nSPS) is 18.0. The predicted octanol–water partition coefficient (Wildman–Crippen LogP) is 1.83. The van der Waals surface area contributed by atoms with Gasteiger partial charge in [0, 0.05) is 13.2 Å². The van der Waals surface area contributed by atoms with Crippen molar-refractivity contribution in [3.05, 3.63) is 29.8 Å². The largest absolute Gasteiger partial charge is 0.490 e. The highest BCUT2D eigenvalue weighted by Crippen LogP contribution is 2.18. The Labute approximate surface area is 132 Å². The van der Waals surface area contributed by atoms with Gasteiger partial charge in [-0.2, -0.15) is 0 Å². The minimum atomic E-state index is -0.0717. The molecule has 0 aliphatic carbocycles. The number of carbonyl (C=O) groups excluding carboxylic acids is 1. The van der Waals surface area contributed by atoms with E-state index in [0.29, 0.717) is 43.6 Å². The summed E-state index contributed by atoms with van der Waals surface area (Å²) in [6.07, 6.45) is 2.34. The highest BCUT2D eigenvalue weighted by molar-refractivity contribution is 5.96. The minimum Gasteiger partial charge on any atom is -0.490 e. The van der Waals surface area contributed by atoms with Crippen LogP contribution in [-0.4, -0.2) is 45.4 Å². The lowest BCUT2D eigenvalue weighted by Crippen LogP contribution is -2.38. The third-order valence-corrected chi connectivity index (χ3v) is 3.77. The van der Waals surface area contributed by atoms with Crippen molar-refractivity contribution >= 4 is 5.91 Å². The third kappa shape index (κ3) is 5.31. The van der Waals surface area contributed by atoms with Crippen molar-refractivity contribution in [3.63, 3.8) is 0 Å². The molecule has 1 aliphatic heterocycles. The van der Waals surface area contributed by atoms with Crippen molar-refractivity contribution < 1.29 is 14.3 Å². The van der Waals surface area contributed by atoms with Crippen LogP contribution in [0.3, 0.4) is 0 Å². The first-order valence-electron chi connectivity index (χ1n) is 8.09. The molecule has 2 rings (SSSR count). The van der Waals surface area contributed by atoms with Crippen molar-refractivity contribution in [1.82, 2.24) is 10.6 Å². The lowest BCUT2D eigenvalue weighted by atomic mass is 9.99. The highest BCUT2D eigenvalue weighted by Gasteiger charge is 2.16. The van der Waals surface area contributed by atoms with E-state index in [2.05, 4.69) is 10.6 Å². The van der Waals surface area contributed by atoms with E-state index in [4.69, 9.17) is 9.47 Å². The number of ether oxygens (including phenoxy) is 2. The average molecular weight is 306 g/mol. The number of hydrogen-bond donors (Lipinski definition) is 2. The second-order valence-electron chi connectivity index (χ2n) is 5.46. The predicted molar refractivity (Wildman–Crippen MR) is 86.4 cm³/mol. The number of piperidine rings is 1. The van der Waals surface area contributed by atoms with E-state index >= 15 is 0 Å². The first-order valence-corrected chi connectivity index (χ1v) is 8.09. The Hall–Kier alpha value is -1.59. The molecular formula is C17H26N2O3. The summed E-state index contributed by atoms with van der Waals surface area (Å²) in [6, 6.07) is 7.35. The maximum Gasteiger partial charge on any atom is 0.255 e. The number of para-hydroxylation sites is 1. The molecule has 0 saturated carbocycles. The quantitative estimate of drug-likeness (QED) is 0.720. The second kappa shape index (κ2) is 9.43. The maximum atomic E-state index is 12.4. The molecule has 1 heterocycles. The van der Waals surface area contributed by atoms with Crippen LogP contribution in [0.2, 0.25) is 0 Å². The number of benzene rings is 1. The van der Waals surface area contributed by atoms with Gasteiger partial charge < -0.3 is 20.1 Å². The molecule has 122 valence electrons. The SMILES string of the molecule is CCOCCOc1ccccc1C(=O)NCC1CCCNC1. The molecule has 0 spiro atoms. The molecule has 0 bridgehead atoms. The van der Waals surface area contributed by atoms with E-state index in [9.17, 15) is 4.79 Å². The number of amides is 1. The van der Waals surface area contributed by atoms with Crippen molar-refractivity contribution in [2.75, 3.05) is 39.5 Å². The number of rotatable bonds is 8. The van der Waals surface area contributed by atoms with Crippen LogP contribution in [0.4, 0.5) is 0 Å². The van der Waals surface area contributed by atoms with Gasteiger partial charge >= 0.3 is 0 Å². The Balaban J connectivity index is 1.85. The zero-order chi connectivity index (χ0) is 15.6. The average Bonchev–Trinajstić information content (AvgIpc) is 2.58. The van der Waals surface area contributed by atoms with Crippen molar-refractivity contribution in [3.8, 4) is 5.75 Å². The molecule has 1 aromatic carbocycles. The Morgan fingerprint density at radius 2 is 2.23 bits per heavy atom. The van der Waals surface area contributed by atoms with Crippen LogP contribution >= 0.6 is 0 Å². The summed E-state index contributed by atoms with van der Waals surface area (Å²) in [6.45, 7) is 6.36. The van der Waals surface area contributed by atoms with E-state index in [1.54, 1.807) is 6.07 Å². The molecule has 22 heavy (non-hydrogen) atoms. The van der Waals surface area contributed by atoms with Gasteiger partial charge in [0.15, 0.2) is 0 Å².